The second-order valence-electron chi connectivity index (χ2n) is 7.53. The summed E-state index contributed by atoms with van der Waals surface area (Å²) in [6, 6.07) is 0. The van der Waals surface area contributed by atoms with E-state index in [9.17, 15) is 13.2 Å². The lowest BCUT2D eigenvalue weighted by Gasteiger charge is -2.28. The zero-order valence-corrected chi connectivity index (χ0v) is 16.6. The lowest BCUT2D eigenvalue weighted by molar-refractivity contribution is -0.873. The van der Waals surface area contributed by atoms with Gasteiger partial charge < -0.3 is 9.59 Å². The molecule has 0 aliphatic heterocycles. The molecule has 0 saturated carbocycles. The summed E-state index contributed by atoms with van der Waals surface area (Å²) in [6.07, 6.45) is 7.45. The van der Waals surface area contributed by atoms with E-state index in [1.54, 1.807) is 0 Å². The Hall–Kier alpha value is -0.660. The third-order valence-corrected chi connectivity index (χ3v) is 5.04. The summed E-state index contributed by atoms with van der Waals surface area (Å²) in [6.45, 7) is 2.52. The first-order valence-electron chi connectivity index (χ1n) is 8.99. The first-order valence-corrected chi connectivity index (χ1v) is 10.6. The van der Waals surface area contributed by atoms with E-state index in [4.69, 9.17) is 9.29 Å². The van der Waals surface area contributed by atoms with E-state index in [1.165, 1.54) is 25.7 Å². The Morgan fingerprint density at radius 1 is 1.00 bits per heavy atom. The van der Waals surface area contributed by atoms with Crippen LogP contribution in [0.1, 0.15) is 64.7 Å². The highest BCUT2D eigenvalue weighted by Gasteiger charge is 2.27. The molecule has 0 aliphatic rings. The maximum atomic E-state index is 12.1. The molecule has 0 heterocycles. The van der Waals surface area contributed by atoms with Crippen LogP contribution in [0.4, 0.5) is 0 Å². The third kappa shape index (κ3) is 14.9. The van der Waals surface area contributed by atoms with Gasteiger partial charge in [-0.1, -0.05) is 51.9 Å². The molecule has 0 radical (unpaired) electrons. The molecular formula is C17H36NO5S+. The number of hydrogen-bond acceptors (Lipinski definition) is 4. The number of hydrogen-bond donors (Lipinski definition) is 1. The van der Waals surface area contributed by atoms with E-state index in [1.807, 2.05) is 21.1 Å². The van der Waals surface area contributed by atoms with Gasteiger partial charge in [-0.05, 0) is 6.42 Å². The number of unbranched alkanes of at least 4 members (excludes halogenated alkanes) is 7. The maximum Gasteiger partial charge on any atom is 0.306 e. The fourth-order valence-corrected chi connectivity index (χ4v) is 3.80. The molecule has 1 N–H and O–H groups in total. The quantitative estimate of drug-likeness (QED) is 0.274. The maximum absolute atomic E-state index is 12.1. The van der Waals surface area contributed by atoms with Crippen molar-refractivity contribution in [3.8, 4) is 0 Å². The van der Waals surface area contributed by atoms with Gasteiger partial charge in [-0.25, -0.2) is 0 Å². The largest absolute Gasteiger partial charge is 0.481 e. The Morgan fingerprint density at radius 2 is 1.50 bits per heavy atom. The molecule has 1 unspecified atom stereocenters. The minimum Gasteiger partial charge on any atom is -0.481 e. The van der Waals surface area contributed by atoms with E-state index in [-0.39, 0.29) is 12.2 Å². The molecule has 6 nitrogen and oxygen atoms in total. The van der Waals surface area contributed by atoms with Crippen LogP contribution in [0.3, 0.4) is 0 Å². The highest BCUT2D eigenvalue weighted by atomic mass is 32.2. The molecule has 1 atom stereocenters. The minimum absolute atomic E-state index is 0.0325. The molecule has 7 heteroatoms. The van der Waals surface area contributed by atoms with Crippen molar-refractivity contribution in [3.63, 3.8) is 0 Å². The number of quaternary nitrogens is 1. The highest BCUT2D eigenvalue weighted by Crippen LogP contribution is 2.13. The van der Waals surface area contributed by atoms with E-state index in [2.05, 4.69) is 6.92 Å². The van der Waals surface area contributed by atoms with Gasteiger partial charge in [-0.3, -0.25) is 8.98 Å². The molecule has 0 amide bonds. The second-order valence-corrected chi connectivity index (χ2v) is 9.24. The summed E-state index contributed by atoms with van der Waals surface area (Å²) >= 11 is 0. The summed E-state index contributed by atoms with van der Waals surface area (Å²) in [4.78, 5) is 10.9. The SMILES string of the molecule is CCCCCCCCCCS(=O)(=O)OC(CC(=O)O)C[N+](C)(C)C. The van der Waals surface area contributed by atoms with Gasteiger partial charge in [0.05, 0.1) is 33.3 Å². The van der Waals surface area contributed by atoms with Crippen molar-refractivity contribution >= 4 is 16.1 Å². The minimum atomic E-state index is -3.67. The van der Waals surface area contributed by atoms with Gasteiger partial charge in [0.2, 0.25) is 0 Å². The summed E-state index contributed by atoms with van der Waals surface area (Å²) in [7, 11) is 1.96. The van der Waals surface area contributed by atoms with Crippen LogP contribution in [0.2, 0.25) is 0 Å². The zero-order valence-electron chi connectivity index (χ0n) is 15.8. The molecule has 24 heavy (non-hydrogen) atoms. The molecule has 0 saturated heterocycles. The van der Waals surface area contributed by atoms with Gasteiger partial charge in [0.15, 0.2) is 0 Å². The van der Waals surface area contributed by atoms with Crippen LogP contribution < -0.4 is 0 Å². The molecule has 0 fully saturated rings. The molecule has 0 aromatic heterocycles. The fourth-order valence-electron chi connectivity index (χ4n) is 2.60. The lowest BCUT2D eigenvalue weighted by atomic mass is 10.1. The van der Waals surface area contributed by atoms with Crippen molar-refractivity contribution in [2.45, 2.75) is 70.8 Å². The fraction of sp³-hybridized carbons (Fsp3) is 0.941. The molecule has 0 aromatic rings. The molecule has 0 rings (SSSR count). The summed E-state index contributed by atoms with van der Waals surface area (Å²) in [5.41, 5.74) is 0. The molecule has 0 bridgehead atoms. The standard InChI is InChI=1S/C17H35NO5S/c1-5-6-7-8-9-10-11-12-13-24(21,22)23-16(14-17(19)20)15-18(2,3)4/h16H,5-15H2,1-4H3/p+1. The van der Waals surface area contributed by atoms with E-state index in [0.29, 0.717) is 17.4 Å². The van der Waals surface area contributed by atoms with Gasteiger partial charge in [0.25, 0.3) is 10.1 Å². The van der Waals surface area contributed by atoms with Crippen molar-refractivity contribution in [2.24, 2.45) is 0 Å². The molecule has 144 valence electrons. The van der Waals surface area contributed by atoms with Crippen LogP contribution >= 0.6 is 0 Å². The smallest absolute Gasteiger partial charge is 0.306 e. The van der Waals surface area contributed by atoms with Crippen molar-refractivity contribution in [1.29, 1.82) is 0 Å². The normalized spacial score (nSPS) is 13.8. The Labute approximate surface area is 147 Å². The Morgan fingerprint density at radius 3 is 1.96 bits per heavy atom. The summed E-state index contributed by atoms with van der Waals surface area (Å²) in [5, 5.41) is 8.93. The van der Waals surface area contributed by atoms with Gasteiger partial charge in [0.1, 0.15) is 12.6 Å². The van der Waals surface area contributed by atoms with Crippen molar-refractivity contribution in [2.75, 3.05) is 33.4 Å². The van der Waals surface area contributed by atoms with Gasteiger partial charge in [0, 0.05) is 0 Å². The summed E-state index contributed by atoms with van der Waals surface area (Å²) < 4.78 is 29.7. The van der Waals surface area contributed by atoms with Crippen molar-refractivity contribution in [1.82, 2.24) is 0 Å². The van der Waals surface area contributed by atoms with Crippen molar-refractivity contribution in [3.05, 3.63) is 0 Å². The Kier molecular flexibility index (Phi) is 11.5. The first kappa shape index (κ1) is 23.3. The first-order chi connectivity index (χ1) is 11.1. The zero-order chi connectivity index (χ0) is 18.6. The van der Waals surface area contributed by atoms with E-state index in [0.717, 1.165) is 19.3 Å². The van der Waals surface area contributed by atoms with Crippen LogP contribution in [0.25, 0.3) is 0 Å². The average molecular weight is 367 g/mol. The number of nitrogens with zero attached hydrogens (tertiary/aromatic N) is 1. The number of likely N-dealkylation sites (N-methyl/N-ethyl adjacent to an activating group) is 1. The second kappa shape index (κ2) is 11.8. The lowest BCUT2D eigenvalue weighted by Crippen LogP contribution is -2.44. The Bertz CT molecular complexity index is 442. The van der Waals surface area contributed by atoms with Crippen LogP contribution in [-0.2, 0) is 19.1 Å². The highest BCUT2D eigenvalue weighted by molar-refractivity contribution is 7.86. The van der Waals surface area contributed by atoms with E-state index >= 15 is 0 Å². The molecule has 0 spiro atoms. The number of carboxylic acids is 1. The summed E-state index contributed by atoms with van der Waals surface area (Å²) in [5.74, 6) is -1.08. The van der Waals surface area contributed by atoms with Gasteiger partial charge in [-0.15, -0.1) is 0 Å². The average Bonchev–Trinajstić information content (AvgIpc) is 2.38. The predicted octanol–water partition coefficient (Wildman–Crippen LogP) is 3.02. The van der Waals surface area contributed by atoms with Crippen LogP contribution in [0.5, 0.6) is 0 Å². The number of carbonyl (C=O) groups is 1. The number of rotatable bonds is 15. The van der Waals surface area contributed by atoms with Crippen LogP contribution in [-0.4, -0.2) is 63.5 Å². The molecule has 0 aliphatic carbocycles. The van der Waals surface area contributed by atoms with Crippen LogP contribution in [0.15, 0.2) is 0 Å². The van der Waals surface area contributed by atoms with Crippen LogP contribution in [0, 0.1) is 0 Å². The Balaban J connectivity index is 4.16. The molecule has 0 aromatic carbocycles. The van der Waals surface area contributed by atoms with Gasteiger partial charge >= 0.3 is 5.97 Å². The van der Waals surface area contributed by atoms with Crippen molar-refractivity contribution < 1.29 is 27.0 Å². The van der Waals surface area contributed by atoms with Gasteiger partial charge in [-0.2, -0.15) is 8.42 Å². The molecular weight excluding hydrogens is 330 g/mol. The third-order valence-electron chi connectivity index (χ3n) is 3.68. The predicted molar refractivity (Wildman–Crippen MR) is 96.4 cm³/mol. The number of aliphatic carboxylic acids is 1. The topological polar surface area (TPSA) is 80.7 Å². The monoisotopic (exact) mass is 366 g/mol. The number of carboxylic acid groups (broad SMARTS) is 1. The van der Waals surface area contributed by atoms with E-state index < -0.39 is 22.2 Å².